The number of rotatable bonds is 2. The lowest BCUT2D eigenvalue weighted by Crippen LogP contribution is -2.24. The quantitative estimate of drug-likeness (QED) is 0.495. The van der Waals surface area contributed by atoms with Gasteiger partial charge in [-0.05, 0) is 32.1 Å². The maximum Gasteiger partial charge on any atom is 0.161 e. The lowest BCUT2D eigenvalue weighted by Gasteiger charge is -2.15. The predicted molar refractivity (Wildman–Crippen MR) is 50.7 cm³/mol. The van der Waals surface area contributed by atoms with Gasteiger partial charge in [0.2, 0.25) is 0 Å². The first-order chi connectivity index (χ1) is 5.62. The highest BCUT2D eigenvalue weighted by atomic mass is 16.5. The van der Waals surface area contributed by atoms with Gasteiger partial charge in [-0.15, -0.1) is 0 Å². The molecule has 0 heterocycles. The van der Waals surface area contributed by atoms with Crippen molar-refractivity contribution in [1.29, 1.82) is 0 Å². The van der Waals surface area contributed by atoms with Gasteiger partial charge < -0.3 is 10.2 Å². The molecule has 0 aliphatic heterocycles. The summed E-state index contributed by atoms with van der Waals surface area (Å²) >= 11 is 0. The van der Waals surface area contributed by atoms with Crippen LogP contribution in [0.1, 0.15) is 46.0 Å². The predicted octanol–water partition coefficient (Wildman–Crippen LogP) is 2.21. The Morgan fingerprint density at radius 3 is 1.58 bits per heavy atom. The van der Waals surface area contributed by atoms with Crippen molar-refractivity contribution in [3.05, 3.63) is 12.2 Å². The number of hydrogen-bond acceptors (Lipinski definition) is 2. The fraction of sp³-hybridized carbons (Fsp3) is 0.800. The van der Waals surface area contributed by atoms with Crippen LogP contribution >= 0.6 is 0 Å². The molecule has 1 rings (SSSR count). The van der Waals surface area contributed by atoms with Crippen molar-refractivity contribution in [3.8, 4) is 0 Å². The Kier molecular flexibility index (Phi) is 6.03. The van der Waals surface area contributed by atoms with Gasteiger partial charge in [-0.25, -0.2) is 0 Å². The summed E-state index contributed by atoms with van der Waals surface area (Å²) in [6.45, 7) is 3.48. The molecule has 12 heavy (non-hydrogen) atoms. The molecule has 0 bridgehead atoms. The first kappa shape index (κ1) is 11.7. The first-order valence-corrected chi connectivity index (χ1v) is 4.72. The Balaban J connectivity index is 0.000000211. The van der Waals surface area contributed by atoms with Crippen LogP contribution in [-0.4, -0.2) is 16.0 Å². The maximum atomic E-state index is 8.69. The largest absolute Gasteiger partial charge is 0.366 e. The second kappa shape index (κ2) is 6.21. The average Bonchev–Trinajstić information content (AvgIpc) is 2.62. The minimum atomic E-state index is -1.42. The van der Waals surface area contributed by atoms with Gasteiger partial charge in [0.25, 0.3) is 0 Å². The van der Waals surface area contributed by atoms with Gasteiger partial charge in [0.05, 0.1) is 0 Å². The number of aliphatic hydroxyl groups is 2. The molecule has 0 saturated heterocycles. The van der Waals surface area contributed by atoms with E-state index in [0.717, 1.165) is 0 Å². The summed E-state index contributed by atoms with van der Waals surface area (Å²) in [7, 11) is 0. The van der Waals surface area contributed by atoms with Crippen molar-refractivity contribution in [2.24, 2.45) is 0 Å². The molecule has 0 radical (unpaired) electrons. The van der Waals surface area contributed by atoms with E-state index >= 15 is 0 Å². The van der Waals surface area contributed by atoms with Crippen LogP contribution in [0.4, 0.5) is 0 Å². The van der Waals surface area contributed by atoms with E-state index in [4.69, 9.17) is 10.2 Å². The summed E-state index contributed by atoms with van der Waals surface area (Å²) in [5, 5.41) is 17.4. The van der Waals surface area contributed by atoms with Crippen LogP contribution in [0.15, 0.2) is 12.2 Å². The SMILES string of the molecule is C1=CCCC1.CCC(O)(O)CC. The number of allylic oxidation sites excluding steroid dienone is 2. The third-order valence-electron chi connectivity index (χ3n) is 2.04. The first-order valence-electron chi connectivity index (χ1n) is 4.72. The molecular formula is C10H20O2. The molecule has 2 heteroatoms. The lowest BCUT2D eigenvalue weighted by atomic mass is 10.2. The highest BCUT2D eigenvalue weighted by Crippen LogP contribution is 2.07. The van der Waals surface area contributed by atoms with Crippen molar-refractivity contribution < 1.29 is 10.2 Å². The molecule has 0 fully saturated rings. The molecule has 0 amide bonds. The van der Waals surface area contributed by atoms with E-state index in [1.165, 1.54) is 19.3 Å². The van der Waals surface area contributed by atoms with Gasteiger partial charge in [0.1, 0.15) is 0 Å². The molecule has 0 aromatic heterocycles. The molecule has 1 aliphatic rings. The third kappa shape index (κ3) is 6.38. The van der Waals surface area contributed by atoms with Crippen molar-refractivity contribution in [1.82, 2.24) is 0 Å². The Hall–Kier alpha value is -0.340. The van der Waals surface area contributed by atoms with Crippen LogP contribution in [0.5, 0.6) is 0 Å². The van der Waals surface area contributed by atoms with Gasteiger partial charge in [-0.3, -0.25) is 0 Å². The van der Waals surface area contributed by atoms with Crippen LogP contribution in [0.25, 0.3) is 0 Å². The highest BCUT2D eigenvalue weighted by Gasteiger charge is 2.14. The average molecular weight is 172 g/mol. The summed E-state index contributed by atoms with van der Waals surface area (Å²) in [4.78, 5) is 0. The van der Waals surface area contributed by atoms with E-state index in [0.29, 0.717) is 12.8 Å². The molecule has 0 unspecified atom stereocenters. The zero-order valence-corrected chi connectivity index (χ0v) is 8.08. The molecule has 72 valence electrons. The van der Waals surface area contributed by atoms with E-state index < -0.39 is 5.79 Å². The molecular weight excluding hydrogens is 152 g/mol. The van der Waals surface area contributed by atoms with Gasteiger partial charge in [-0.2, -0.15) is 0 Å². The van der Waals surface area contributed by atoms with Crippen LogP contribution in [0.3, 0.4) is 0 Å². The van der Waals surface area contributed by atoms with E-state index in [9.17, 15) is 0 Å². The molecule has 0 spiro atoms. The normalized spacial score (nSPS) is 15.7. The topological polar surface area (TPSA) is 40.5 Å². The van der Waals surface area contributed by atoms with Crippen LogP contribution < -0.4 is 0 Å². The zero-order chi connectivity index (χ0) is 9.45. The number of hydrogen-bond donors (Lipinski definition) is 2. The van der Waals surface area contributed by atoms with Gasteiger partial charge in [-0.1, -0.05) is 26.0 Å². The van der Waals surface area contributed by atoms with Gasteiger partial charge in [0.15, 0.2) is 5.79 Å². The van der Waals surface area contributed by atoms with Gasteiger partial charge in [0, 0.05) is 0 Å². The summed E-state index contributed by atoms with van der Waals surface area (Å²) in [6, 6.07) is 0. The Labute approximate surface area is 74.9 Å². The zero-order valence-electron chi connectivity index (χ0n) is 8.08. The lowest BCUT2D eigenvalue weighted by molar-refractivity contribution is -0.163. The molecule has 2 nitrogen and oxygen atoms in total. The summed E-state index contributed by atoms with van der Waals surface area (Å²) in [6.07, 6.45) is 9.31. The maximum absolute atomic E-state index is 8.69. The van der Waals surface area contributed by atoms with E-state index in [2.05, 4.69) is 12.2 Å². The smallest absolute Gasteiger partial charge is 0.161 e. The van der Waals surface area contributed by atoms with E-state index in [1.54, 1.807) is 13.8 Å². The Morgan fingerprint density at radius 1 is 1.08 bits per heavy atom. The van der Waals surface area contributed by atoms with Crippen LogP contribution in [0.2, 0.25) is 0 Å². The second-order valence-corrected chi connectivity index (χ2v) is 3.09. The minimum Gasteiger partial charge on any atom is -0.366 e. The monoisotopic (exact) mass is 172 g/mol. The van der Waals surface area contributed by atoms with Crippen LogP contribution in [0, 0.1) is 0 Å². The minimum absolute atomic E-state index is 0.406. The third-order valence-corrected chi connectivity index (χ3v) is 2.04. The fourth-order valence-electron chi connectivity index (χ4n) is 0.839. The molecule has 0 aromatic rings. The van der Waals surface area contributed by atoms with E-state index in [-0.39, 0.29) is 0 Å². The van der Waals surface area contributed by atoms with Crippen LogP contribution in [-0.2, 0) is 0 Å². The van der Waals surface area contributed by atoms with Crippen molar-refractivity contribution >= 4 is 0 Å². The van der Waals surface area contributed by atoms with Gasteiger partial charge >= 0.3 is 0 Å². The van der Waals surface area contributed by atoms with Crippen molar-refractivity contribution in [2.45, 2.75) is 51.7 Å². The Morgan fingerprint density at radius 2 is 1.50 bits per heavy atom. The standard InChI is InChI=1S/C5H12O2.C5H8/c1-3-5(6,7)4-2;1-2-4-5-3-1/h6-7H,3-4H2,1-2H3;1-2H,3-5H2. The highest BCUT2D eigenvalue weighted by molar-refractivity contribution is 4.88. The Bertz CT molecular complexity index is 116. The van der Waals surface area contributed by atoms with E-state index in [1.807, 2.05) is 0 Å². The second-order valence-electron chi connectivity index (χ2n) is 3.09. The fourth-order valence-corrected chi connectivity index (χ4v) is 0.839. The molecule has 2 N–H and O–H groups in total. The van der Waals surface area contributed by atoms with Crippen molar-refractivity contribution in [2.75, 3.05) is 0 Å². The molecule has 1 aliphatic carbocycles. The molecule has 0 atom stereocenters. The summed E-state index contributed by atoms with van der Waals surface area (Å²) in [5.41, 5.74) is 0. The summed E-state index contributed by atoms with van der Waals surface area (Å²) in [5.74, 6) is -1.42. The molecule has 0 saturated carbocycles. The summed E-state index contributed by atoms with van der Waals surface area (Å²) < 4.78 is 0. The molecule has 0 aromatic carbocycles. The van der Waals surface area contributed by atoms with Crippen molar-refractivity contribution in [3.63, 3.8) is 0 Å².